The van der Waals surface area contributed by atoms with Gasteiger partial charge < -0.3 is 0 Å². The van der Waals surface area contributed by atoms with Gasteiger partial charge in [-0.05, 0) is 23.3 Å². The minimum absolute atomic E-state index is 0.548. The van der Waals surface area contributed by atoms with E-state index in [4.69, 9.17) is 9.78 Å². The largest absolute Gasteiger partial charge is 0.232 e. The summed E-state index contributed by atoms with van der Waals surface area (Å²) < 4.78 is 0. The molecule has 51 valence electrons. The zero-order valence-electron chi connectivity index (χ0n) is 5.46. The standard InChI is InChI=1S/C8H7O2/c1-2-4-8-6-10-9-5-7(8)3-1/h1,3-4H,5-6H2. The van der Waals surface area contributed by atoms with Crippen molar-refractivity contribution in [2.45, 2.75) is 13.2 Å². The monoisotopic (exact) mass is 135 g/mol. The van der Waals surface area contributed by atoms with E-state index in [-0.39, 0.29) is 0 Å². The van der Waals surface area contributed by atoms with Gasteiger partial charge in [-0.15, -0.1) is 0 Å². The quantitative estimate of drug-likeness (QED) is 0.501. The fourth-order valence-electron chi connectivity index (χ4n) is 0.983. The van der Waals surface area contributed by atoms with Crippen LogP contribution in [-0.4, -0.2) is 0 Å². The maximum absolute atomic E-state index is 4.78. The van der Waals surface area contributed by atoms with E-state index in [1.54, 1.807) is 0 Å². The second kappa shape index (κ2) is 2.40. The Labute approximate surface area is 59.3 Å². The highest BCUT2D eigenvalue weighted by atomic mass is 17.2. The average Bonchev–Trinajstić information content (AvgIpc) is 2.05. The normalized spacial score (nSPS) is 16.4. The van der Waals surface area contributed by atoms with Gasteiger partial charge in [0.25, 0.3) is 0 Å². The Morgan fingerprint density at radius 1 is 1.20 bits per heavy atom. The Morgan fingerprint density at radius 2 is 2.00 bits per heavy atom. The van der Waals surface area contributed by atoms with E-state index >= 15 is 0 Å². The van der Waals surface area contributed by atoms with Gasteiger partial charge >= 0.3 is 0 Å². The van der Waals surface area contributed by atoms with Crippen LogP contribution in [-0.2, 0) is 23.0 Å². The molecule has 1 aromatic rings. The molecule has 0 N–H and O–H groups in total. The molecule has 1 radical (unpaired) electrons. The van der Waals surface area contributed by atoms with E-state index in [1.165, 1.54) is 11.1 Å². The van der Waals surface area contributed by atoms with Gasteiger partial charge in [-0.2, -0.15) is 0 Å². The van der Waals surface area contributed by atoms with Crippen molar-refractivity contribution in [1.29, 1.82) is 0 Å². The van der Waals surface area contributed by atoms with Gasteiger partial charge in [0.1, 0.15) is 13.2 Å². The molecule has 0 fully saturated rings. The molecule has 0 bridgehead atoms. The summed E-state index contributed by atoms with van der Waals surface area (Å²) in [7, 11) is 0. The number of rotatable bonds is 0. The molecular formula is C8H7O2. The van der Waals surface area contributed by atoms with Crippen LogP contribution in [0.25, 0.3) is 0 Å². The molecule has 2 rings (SSSR count). The van der Waals surface area contributed by atoms with Crippen molar-refractivity contribution in [3.63, 3.8) is 0 Å². The van der Waals surface area contributed by atoms with Crippen molar-refractivity contribution in [3.8, 4) is 0 Å². The topological polar surface area (TPSA) is 18.5 Å². The first-order valence-corrected chi connectivity index (χ1v) is 3.19. The van der Waals surface area contributed by atoms with Gasteiger partial charge in [0, 0.05) is 0 Å². The smallest absolute Gasteiger partial charge is 0.108 e. The first kappa shape index (κ1) is 5.89. The molecule has 1 aliphatic heterocycles. The third-order valence-electron chi connectivity index (χ3n) is 1.56. The lowest BCUT2D eigenvalue weighted by Gasteiger charge is -2.13. The maximum atomic E-state index is 4.78. The molecule has 0 saturated carbocycles. The van der Waals surface area contributed by atoms with Gasteiger partial charge in [0.05, 0.1) is 0 Å². The van der Waals surface area contributed by atoms with Crippen LogP contribution < -0.4 is 0 Å². The van der Waals surface area contributed by atoms with Crippen LogP contribution in [0.3, 0.4) is 0 Å². The highest BCUT2D eigenvalue weighted by Gasteiger charge is 2.07. The molecule has 1 heterocycles. The number of hydrogen-bond donors (Lipinski definition) is 0. The lowest BCUT2D eigenvalue weighted by atomic mass is 10.1. The van der Waals surface area contributed by atoms with Crippen LogP contribution >= 0.6 is 0 Å². The van der Waals surface area contributed by atoms with Crippen LogP contribution in [0.2, 0.25) is 0 Å². The molecule has 0 unspecified atom stereocenters. The molecule has 0 spiro atoms. The third kappa shape index (κ3) is 0.916. The van der Waals surface area contributed by atoms with Crippen molar-refractivity contribution in [3.05, 3.63) is 35.4 Å². The number of hydrogen-bond acceptors (Lipinski definition) is 2. The lowest BCUT2D eigenvalue weighted by Crippen LogP contribution is -2.06. The van der Waals surface area contributed by atoms with Crippen molar-refractivity contribution >= 4 is 0 Å². The van der Waals surface area contributed by atoms with Crippen LogP contribution in [0.15, 0.2) is 18.2 Å². The Balaban J connectivity index is 2.41. The highest BCUT2D eigenvalue weighted by molar-refractivity contribution is 5.25. The van der Waals surface area contributed by atoms with Crippen molar-refractivity contribution < 1.29 is 9.78 Å². The van der Waals surface area contributed by atoms with E-state index < -0.39 is 0 Å². The van der Waals surface area contributed by atoms with E-state index in [0.717, 1.165) is 0 Å². The summed E-state index contributed by atoms with van der Waals surface area (Å²) in [6.45, 7) is 1.11. The molecule has 0 aromatic heterocycles. The third-order valence-corrected chi connectivity index (χ3v) is 1.56. The molecule has 1 aliphatic rings. The molecule has 2 heteroatoms. The second-order valence-electron chi connectivity index (χ2n) is 2.22. The van der Waals surface area contributed by atoms with Crippen molar-refractivity contribution in [2.24, 2.45) is 0 Å². The van der Waals surface area contributed by atoms with Gasteiger partial charge in [0.15, 0.2) is 0 Å². The van der Waals surface area contributed by atoms with Gasteiger partial charge in [-0.3, -0.25) is 0 Å². The van der Waals surface area contributed by atoms with E-state index in [2.05, 4.69) is 6.07 Å². The summed E-state index contributed by atoms with van der Waals surface area (Å²) >= 11 is 0. The highest BCUT2D eigenvalue weighted by Crippen LogP contribution is 2.15. The van der Waals surface area contributed by atoms with E-state index in [0.29, 0.717) is 13.2 Å². The molecule has 0 saturated heterocycles. The van der Waals surface area contributed by atoms with E-state index in [1.807, 2.05) is 18.2 Å². The molecule has 0 atom stereocenters. The minimum Gasteiger partial charge on any atom is -0.232 e. The Morgan fingerprint density at radius 3 is 2.80 bits per heavy atom. The Bertz CT molecular complexity index is 207. The maximum Gasteiger partial charge on any atom is 0.108 e. The molecule has 0 amide bonds. The van der Waals surface area contributed by atoms with Crippen molar-refractivity contribution in [1.82, 2.24) is 0 Å². The van der Waals surface area contributed by atoms with Crippen LogP contribution in [0.5, 0.6) is 0 Å². The van der Waals surface area contributed by atoms with E-state index in [9.17, 15) is 0 Å². The predicted octanol–water partition coefficient (Wildman–Crippen LogP) is 1.45. The SMILES string of the molecule is [c]1ccc2c(c1)COOC2. The lowest BCUT2D eigenvalue weighted by molar-refractivity contribution is -0.322. The Kier molecular flexibility index (Phi) is 1.42. The van der Waals surface area contributed by atoms with Crippen LogP contribution in [0.1, 0.15) is 11.1 Å². The summed E-state index contributed by atoms with van der Waals surface area (Å²) in [5.74, 6) is 0. The molecule has 0 aliphatic carbocycles. The Hall–Kier alpha value is -0.860. The molecule has 2 nitrogen and oxygen atoms in total. The van der Waals surface area contributed by atoms with Gasteiger partial charge in [-0.1, -0.05) is 12.1 Å². The second-order valence-corrected chi connectivity index (χ2v) is 2.22. The summed E-state index contributed by atoms with van der Waals surface area (Å²) in [6, 6.07) is 8.79. The van der Waals surface area contributed by atoms with Crippen molar-refractivity contribution in [2.75, 3.05) is 0 Å². The number of benzene rings is 1. The average molecular weight is 135 g/mol. The number of fused-ring (bicyclic) bond motifs is 1. The van der Waals surface area contributed by atoms with Gasteiger partial charge in [0.2, 0.25) is 0 Å². The van der Waals surface area contributed by atoms with Crippen LogP contribution in [0.4, 0.5) is 0 Å². The first-order valence-electron chi connectivity index (χ1n) is 3.19. The predicted molar refractivity (Wildman–Crippen MR) is 34.9 cm³/mol. The van der Waals surface area contributed by atoms with Crippen LogP contribution in [0, 0.1) is 6.07 Å². The fraction of sp³-hybridized carbons (Fsp3) is 0.250. The van der Waals surface area contributed by atoms with Gasteiger partial charge in [-0.25, -0.2) is 9.78 Å². The summed E-state index contributed by atoms with van der Waals surface area (Å²) in [4.78, 5) is 9.56. The molecule has 10 heavy (non-hydrogen) atoms. The molecule has 1 aromatic carbocycles. The summed E-state index contributed by atoms with van der Waals surface area (Å²) in [5, 5.41) is 0. The summed E-state index contributed by atoms with van der Waals surface area (Å²) in [6.07, 6.45) is 0. The molecular weight excluding hydrogens is 128 g/mol. The fourth-order valence-corrected chi connectivity index (χ4v) is 0.983. The summed E-state index contributed by atoms with van der Waals surface area (Å²) in [5.41, 5.74) is 2.37. The first-order chi connectivity index (χ1) is 4.97. The minimum atomic E-state index is 0.548. The zero-order chi connectivity index (χ0) is 6.81. The zero-order valence-corrected chi connectivity index (χ0v) is 5.46.